The molecule has 7 heteroatoms. The molecule has 0 fully saturated rings. The van der Waals surface area contributed by atoms with Crippen LogP contribution in [0.15, 0.2) is 54.6 Å². The first-order chi connectivity index (χ1) is 12.5. The van der Waals surface area contributed by atoms with Crippen LogP contribution in [0.4, 0.5) is 5.69 Å². The lowest BCUT2D eigenvalue weighted by Gasteiger charge is -2.06. The van der Waals surface area contributed by atoms with E-state index in [-0.39, 0.29) is 5.91 Å². The van der Waals surface area contributed by atoms with E-state index in [0.717, 1.165) is 5.56 Å². The van der Waals surface area contributed by atoms with Gasteiger partial charge in [-0.25, -0.2) is 4.79 Å². The number of hydrogen-bond donors (Lipinski definition) is 2. The molecule has 2 aromatic carbocycles. The van der Waals surface area contributed by atoms with Crippen molar-refractivity contribution >= 4 is 41.1 Å². The Balaban J connectivity index is 1.79. The second-order valence-electron chi connectivity index (χ2n) is 5.20. The maximum atomic E-state index is 11.8. The molecule has 2 rings (SSSR count). The van der Waals surface area contributed by atoms with Gasteiger partial charge in [0.25, 0.3) is 11.8 Å². The highest BCUT2D eigenvalue weighted by molar-refractivity contribution is 6.30. The van der Waals surface area contributed by atoms with Gasteiger partial charge in [0.15, 0.2) is 6.61 Å². The van der Waals surface area contributed by atoms with Crippen LogP contribution in [0.25, 0.3) is 6.08 Å². The molecule has 0 aliphatic heterocycles. The Labute approximate surface area is 155 Å². The van der Waals surface area contributed by atoms with Gasteiger partial charge in [0.05, 0.1) is 0 Å². The molecule has 0 saturated heterocycles. The van der Waals surface area contributed by atoms with Gasteiger partial charge in [-0.05, 0) is 48.0 Å². The van der Waals surface area contributed by atoms with Gasteiger partial charge >= 0.3 is 5.97 Å². The highest BCUT2D eigenvalue weighted by atomic mass is 35.5. The van der Waals surface area contributed by atoms with Gasteiger partial charge in [0.1, 0.15) is 0 Å². The van der Waals surface area contributed by atoms with Crippen LogP contribution < -0.4 is 10.6 Å². The molecule has 134 valence electrons. The number of esters is 1. The van der Waals surface area contributed by atoms with Gasteiger partial charge in [-0.1, -0.05) is 23.7 Å². The number of nitrogens with one attached hydrogen (secondary N) is 2. The third-order valence-electron chi connectivity index (χ3n) is 3.29. The van der Waals surface area contributed by atoms with Gasteiger partial charge in [0.2, 0.25) is 0 Å². The van der Waals surface area contributed by atoms with Crippen LogP contribution in [0.2, 0.25) is 5.02 Å². The lowest BCUT2D eigenvalue weighted by Crippen LogP contribution is -2.20. The van der Waals surface area contributed by atoms with Gasteiger partial charge in [-0.15, -0.1) is 0 Å². The number of halogens is 1. The SMILES string of the molecule is CNC(=O)c1ccc(NC(=O)COC(=O)/C=C/c2ccc(Cl)cc2)cc1. The predicted octanol–water partition coefficient (Wildman–Crippen LogP) is 2.89. The van der Waals surface area contributed by atoms with Crippen molar-refractivity contribution in [2.45, 2.75) is 0 Å². The quantitative estimate of drug-likeness (QED) is 0.603. The Morgan fingerprint density at radius 1 is 1.04 bits per heavy atom. The summed E-state index contributed by atoms with van der Waals surface area (Å²) in [4.78, 5) is 34.9. The second kappa shape index (κ2) is 9.39. The Kier molecular flexibility index (Phi) is 6.93. The fourth-order valence-corrected chi connectivity index (χ4v) is 2.10. The Bertz CT molecular complexity index is 814. The van der Waals surface area contributed by atoms with Crippen molar-refractivity contribution in [1.82, 2.24) is 5.32 Å². The van der Waals surface area contributed by atoms with Crippen LogP contribution in [0.5, 0.6) is 0 Å². The fraction of sp³-hybridized carbons (Fsp3) is 0.105. The maximum absolute atomic E-state index is 11.8. The summed E-state index contributed by atoms with van der Waals surface area (Å²) >= 11 is 5.78. The first-order valence-corrected chi connectivity index (χ1v) is 8.08. The molecular formula is C19H17ClN2O4. The lowest BCUT2D eigenvalue weighted by molar-refractivity contribution is -0.142. The number of carbonyl (C=O) groups is 3. The number of benzene rings is 2. The Morgan fingerprint density at radius 2 is 1.69 bits per heavy atom. The minimum atomic E-state index is -0.634. The van der Waals surface area contributed by atoms with Crippen LogP contribution in [0.3, 0.4) is 0 Å². The second-order valence-corrected chi connectivity index (χ2v) is 5.63. The fourth-order valence-electron chi connectivity index (χ4n) is 1.97. The summed E-state index contributed by atoms with van der Waals surface area (Å²) in [6.07, 6.45) is 2.79. The van der Waals surface area contributed by atoms with E-state index in [1.807, 2.05) is 0 Å². The molecule has 6 nitrogen and oxygen atoms in total. The molecule has 0 unspecified atom stereocenters. The van der Waals surface area contributed by atoms with Crippen molar-refractivity contribution < 1.29 is 19.1 Å². The van der Waals surface area contributed by atoms with Crippen LogP contribution in [-0.4, -0.2) is 31.4 Å². The van der Waals surface area contributed by atoms with Crippen molar-refractivity contribution in [3.63, 3.8) is 0 Å². The first kappa shape index (κ1) is 19.2. The first-order valence-electron chi connectivity index (χ1n) is 7.70. The number of ether oxygens (including phenoxy) is 1. The molecule has 0 radical (unpaired) electrons. The summed E-state index contributed by atoms with van der Waals surface area (Å²) in [6.45, 7) is -0.416. The van der Waals surface area contributed by atoms with Gasteiger partial charge < -0.3 is 15.4 Å². The average molecular weight is 373 g/mol. The minimum Gasteiger partial charge on any atom is -0.452 e. The molecule has 0 aliphatic rings. The summed E-state index contributed by atoms with van der Waals surface area (Å²) < 4.78 is 4.87. The van der Waals surface area contributed by atoms with E-state index >= 15 is 0 Å². The standard InChI is InChI=1S/C19H17ClN2O4/c1-21-19(25)14-5-9-16(10-6-14)22-17(23)12-26-18(24)11-4-13-2-7-15(20)8-3-13/h2-11H,12H2,1H3,(H,21,25)(H,22,23)/b11-4+. The van der Waals surface area contributed by atoms with E-state index in [1.165, 1.54) is 13.1 Å². The largest absolute Gasteiger partial charge is 0.452 e. The molecule has 0 bridgehead atoms. The van der Waals surface area contributed by atoms with Crippen LogP contribution >= 0.6 is 11.6 Å². The predicted molar refractivity (Wildman–Crippen MR) is 99.9 cm³/mol. The van der Waals surface area contributed by atoms with E-state index < -0.39 is 18.5 Å². The molecule has 0 aliphatic carbocycles. The Hall–Kier alpha value is -3.12. The molecule has 2 N–H and O–H groups in total. The summed E-state index contributed by atoms with van der Waals surface area (Å²) in [7, 11) is 1.54. The van der Waals surface area contributed by atoms with E-state index in [1.54, 1.807) is 54.6 Å². The summed E-state index contributed by atoms with van der Waals surface area (Å²) in [6, 6.07) is 13.2. The average Bonchev–Trinajstić information content (AvgIpc) is 2.66. The molecule has 0 spiro atoms. The molecule has 0 atom stereocenters. The summed E-state index contributed by atoms with van der Waals surface area (Å²) in [5, 5.41) is 5.68. The topological polar surface area (TPSA) is 84.5 Å². The number of carbonyl (C=O) groups excluding carboxylic acids is 3. The molecule has 2 amide bonds. The van der Waals surface area contributed by atoms with Gasteiger partial charge in [-0.2, -0.15) is 0 Å². The molecular weight excluding hydrogens is 356 g/mol. The zero-order chi connectivity index (χ0) is 18.9. The normalized spacial score (nSPS) is 10.4. The van der Waals surface area contributed by atoms with Crippen molar-refractivity contribution in [3.05, 3.63) is 70.8 Å². The summed E-state index contributed by atoms with van der Waals surface area (Å²) in [5.41, 5.74) is 1.76. The van der Waals surface area contributed by atoms with Crippen molar-refractivity contribution in [2.75, 3.05) is 19.0 Å². The highest BCUT2D eigenvalue weighted by Crippen LogP contribution is 2.11. The number of rotatable bonds is 6. The molecule has 26 heavy (non-hydrogen) atoms. The van der Waals surface area contributed by atoms with Crippen molar-refractivity contribution in [3.8, 4) is 0 Å². The number of amides is 2. The monoisotopic (exact) mass is 372 g/mol. The zero-order valence-corrected chi connectivity index (χ0v) is 14.7. The zero-order valence-electron chi connectivity index (χ0n) is 14.0. The van der Waals surface area contributed by atoms with Crippen molar-refractivity contribution in [2.24, 2.45) is 0 Å². The smallest absolute Gasteiger partial charge is 0.331 e. The van der Waals surface area contributed by atoms with E-state index in [0.29, 0.717) is 16.3 Å². The Morgan fingerprint density at radius 3 is 2.31 bits per heavy atom. The third-order valence-corrected chi connectivity index (χ3v) is 3.54. The summed E-state index contributed by atoms with van der Waals surface area (Å²) in [5.74, 6) is -1.33. The lowest BCUT2D eigenvalue weighted by atomic mass is 10.2. The highest BCUT2D eigenvalue weighted by Gasteiger charge is 2.07. The van der Waals surface area contributed by atoms with Gasteiger partial charge in [-0.3, -0.25) is 9.59 Å². The van der Waals surface area contributed by atoms with E-state index in [4.69, 9.17) is 16.3 Å². The molecule has 0 aromatic heterocycles. The van der Waals surface area contributed by atoms with Crippen LogP contribution in [0, 0.1) is 0 Å². The van der Waals surface area contributed by atoms with E-state index in [9.17, 15) is 14.4 Å². The minimum absolute atomic E-state index is 0.218. The van der Waals surface area contributed by atoms with Gasteiger partial charge in [0, 0.05) is 29.4 Å². The van der Waals surface area contributed by atoms with Crippen LogP contribution in [0.1, 0.15) is 15.9 Å². The maximum Gasteiger partial charge on any atom is 0.331 e. The number of hydrogen-bond acceptors (Lipinski definition) is 4. The van der Waals surface area contributed by atoms with E-state index in [2.05, 4.69) is 10.6 Å². The third kappa shape index (κ3) is 6.07. The molecule has 0 heterocycles. The van der Waals surface area contributed by atoms with Crippen molar-refractivity contribution in [1.29, 1.82) is 0 Å². The number of anilines is 1. The van der Waals surface area contributed by atoms with Crippen LogP contribution in [-0.2, 0) is 14.3 Å². The molecule has 2 aromatic rings. The molecule has 0 saturated carbocycles.